The normalized spacial score (nSPS) is 14.0. The van der Waals surface area contributed by atoms with Gasteiger partial charge in [-0.2, -0.15) is 0 Å². The number of piperazine rings is 1. The molecule has 0 radical (unpaired) electrons. The summed E-state index contributed by atoms with van der Waals surface area (Å²) in [5, 5.41) is 2.67. The fourth-order valence-electron chi connectivity index (χ4n) is 2.90. The molecule has 3 rings (SSSR count). The van der Waals surface area contributed by atoms with E-state index in [0.29, 0.717) is 25.3 Å². The van der Waals surface area contributed by atoms with Gasteiger partial charge in [0.25, 0.3) is 11.8 Å². The smallest absolute Gasteiger partial charge is 0.272 e. The number of nitrogens with one attached hydrogen (secondary N) is 1. The number of carbonyl (C=O) groups is 2. The van der Waals surface area contributed by atoms with Crippen molar-refractivity contribution in [3.05, 3.63) is 72.6 Å². The molecule has 1 aliphatic heterocycles. The van der Waals surface area contributed by atoms with Gasteiger partial charge in [-0.25, -0.2) is 4.98 Å². The van der Waals surface area contributed by atoms with Gasteiger partial charge in [-0.1, -0.05) is 30.3 Å². The van der Waals surface area contributed by atoms with Crippen LogP contribution in [0.3, 0.4) is 0 Å². The van der Waals surface area contributed by atoms with Crippen LogP contribution in [0.2, 0.25) is 0 Å². The van der Waals surface area contributed by atoms with Gasteiger partial charge in [0.05, 0.1) is 0 Å². The van der Waals surface area contributed by atoms with Gasteiger partial charge < -0.3 is 15.1 Å². The summed E-state index contributed by atoms with van der Waals surface area (Å²) < 4.78 is 0. The van der Waals surface area contributed by atoms with E-state index in [2.05, 4.69) is 33.9 Å². The van der Waals surface area contributed by atoms with Gasteiger partial charge in [-0.3, -0.25) is 9.59 Å². The van der Waals surface area contributed by atoms with Crippen LogP contribution in [-0.2, 0) is 0 Å². The SMILES string of the molecule is C=CCNC(=O)c1cccc(C(=O)N2CCN(c3ccccc3)CC2)n1. The number of hydrogen-bond donors (Lipinski definition) is 1. The van der Waals surface area contributed by atoms with E-state index >= 15 is 0 Å². The molecule has 2 amide bonds. The molecule has 1 aromatic heterocycles. The standard InChI is InChI=1S/C20H22N4O2/c1-2-11-21-19(25)17-9-6-10-18(22-17)20(26)24-14-12-23(13-15-24)16-7-4-3-5-8-16/h2-10H,1,11-15H2,(H,21,25). The van der Waals surface area contributed by atoms with Crippen molar-refractivity contribution in [3.8, 4) is 0 Å². The molecule has 1 saturated heterocycles. The minimum Gasteiger partial charge on any atom is -0.368 e. The number of rotatable bonds is 5. The van der Waals surface area contributed by atoms with Gasteiger partial charge in [0.15, 0.2) is 0 Å². The molecule has 6 heteroatoms. The Morgan fingerprint density at radius 1 is 1.00 bits per heavy atom. The lowest BCUT2D eigenvalue weighted by Gasteiger charge is -2.36. The fourth-order valence-corrected chi connectivity index (χ4v) is 2.90. The Labute approximate surface area is 153 Å². The Bertz CT molecular complexity index is 783. The molecule has 0 spiro atoms. The molecule has 1 fully saturated rings. The molecule has 134 valence electrons. The number of nitrogens with zero attached hydrogens (tertiary/aromatic N) is 3. The third-order valence-electron chi connectivity index (χ3n) is 4.30. The molecule has 2 heterocycles. The first kappa shape index (κ1) is 17.7. The minimum atomic E-state index is -0.312. The summed E-state index contributed by atoms with van der Waals surface area (Å²) >= 11 is 0. The van der Waals surface area contributed by atoms with Crippen LogP contribution in [-0.4, -0.2) is 54.4 Å². The van der Waals surface area contributed by atoms with E-state index < -0.39 is 0 Å². The van der Waals surface area contributed by atoms with Crippen LogP contribution in [0.25, 0.3) is 0 Å². The van der Waals surface area contributed by atoms with E-state index in [-0.39, 0.29) is 17.5 Å². The fraction of sp³-hybridized carbons (Fsp3) is 0.250. The molecule has 0 atom stereocenters. The van der Waals surface area contributed by atoms with Crippen molar-refractivity contribution < 1.29 is 9.59 Å². The van der Waals surface area contributed by atoms with Gasteiger partial charge in [0, 0.05) is 38.4 Å². The Hall–Kier alpha value is -3.15. The predicted octanol–water partition coefficient (Wildman–Crippen LogP) is 1.96. The minimum absolute atomic E-state index is 0.143. The maximum atomic E-state index is 12.7. The molecule has 1 aliphatic rings. The van der Waals surface area contributed by atoms with E-state index in [1.54, 1.807) is 29.2 Å². The Morgan fingerprint density at radius 2 is 1.69 bits per heavy atom. The quantitative estimate of drug-likeness (QED) is 0.837. The summed E-state index contributed by atoms with van der Waals surface area (Å²) in [6.45, 7) is 6.72. The molecule has 0 unspecified atom stereocenters. The molecule has 0 saturated carbocycles. The zero-order valence-electron chi connectivity index (χ0n) is 14.6. The lowest BCUT2D eigenvalue weighted by molar-refractivity contribution is 0.0740. The first-order valence-electron chi connectivity index (χ1n) is 8.64. The van der Waals surface area contributed by atoms with E-state index in [0.717, 1.165) is 13.1 Å². The lowest BCUT2D eigenvalue weighted by Crippen LogP contribution is -2.49. The van der Waals surface area contributed by atoms with Gasteiger partial charge in [0.2, 0.25) is 0 Å². The Balaban J connectivity index is 1.63. The maximum absolute atomic E-state index is 12.7. The van der Waals surface area contributed by atoms with Gasteiger partial charge in [-0.15, -0.1) is 6.58 Å². The number of carbonyl (C=O) groups excluding carboxylic acids is 2. The predicted molar refractivity (Wildman–Crippen MR) is 101 cm³/mol. The first-order chi connectivity index (χ1) is 12.7. The van der Waals surface area contributed by atoms with Crippen LogP contribution in [0, 0.1) is 0 Å². The zero-order valence-corrected chi connectivity index (χ0v) is 14.6. The summed E-state index contributed by atoms with van der Waals surface area (Å²) in [5.41, 5.74) is 1.70. The van der Waals surface area contributed by atoms with Gasteiger partial charge in [0.1, 0.15) is 11.4 Å². The van der Waals surface area contributed by atoms with Crippen LogP contribution in [0.15, 0.2) is 61.2 Å². The summed E-state index contributed by atoms with van der Waals surface area (Å²) in [6.07, 6.45) is 1.60. The summed E-state index contributed by atoms with van der Waals surface area (Å²) in [5.74, 6) is -0.454. The number of aromatic nitrogens is 1. The van der Waals surface area contributed by atoms with E-state index in [1.807, 2.05) is 18.2 Å². The average molecular weight is 350 g/mol. The van der Waals surface area contributed by atoms with Crippen LogP contribution >= 0.6 is 0 Å². The monoisotopic (exact) mass is 350 g/mol. The molecule has 0 aliphatic carbocycles. The van der Waals surface area contributed by atoms with Crippen molar-refractivity contribution in [1.29, 1.82) is 0 Å². The number of para-hydroxylation sites is 1. The Kier molecular flexibility index (Phi) is 5.63. The summed E-state index contributed by atoms with van der Waals surface area (Å²) in [4.78, 5) is 33.0. The molecule has 1 N–H and O–H groups in total. The van der Waals surface area contributed by atoms with E-state index in [1.165, 1.54) is 5.69 Å². The van der Waals surface area contributed by atoms with Crippen molar-refractivity contribution in [1.82, 2.24) is 15.2 Å². The largest absolute Gasteiger partial charge is 0.368 e. The van der Waals surface area contributed by atoms with Crippen molar-refractivity contribution in [2.24, 2.45) is 0 Å². The molecule has 6 nitrogen and oxygen atoms in total. The molecule has 26 heavy (non-hydrogen) atoms. The zero-order chi connectivity index (χ0) is 18.4. The second-order valence-electron chi connectivity index (χ2n) is 6.02. The highest BCUT2D eigenvalue weighted by atomic mass is 16.2. The topological polar surface area (TPSA) is 65.5 Å². The first-order valence-corrected chi connectivity index (χ1v) is 8.64. The van der Waals surface area contributed by atoms with Gasteiger partial charge in [-0.05, 0) is 24.3 Å². The number of benzene rings is 1. The third kappa shape index (κ3) is 4.08. The van der Waals surface area contributed by atoms with Crippen molar-refractivity contribution in [3.63, 3.8) is 0 Å². The Morgan fingerprint density at radius 3 is 2.38 bits per heavy atom. The number of pyridine rings is 1. The molecular formula is C20H22N4O2. The molecular weight excluding hydrogens is 328 g/mol. The average Bonchev–Trinajstić information content (AvgIpc) is 2.72. The second-order valence-corrected chi connectivity index (χ2v) is 6.02. The van der Waals surface area contributed by atoms with Crippen molar-refractivity contribution in [2.45, 2.75) is 0 Å². The van der Waals surface area contributed by atoms with Crippen molar-refractivity contribution >= 4 is 17.5 Å². The highest BCUT2D eigenvalue weighted by Crippen LogP contribution is 2.16. The van der Waals surface area contributed by atoms with Crippen LogP contribution in [0.5, 0.6) is 0 Å². The lowest BCUT2D eigenvalue weighted by atomic mass is 10.2. The highest BCUT2D eigenvalue weighted by molar-refractivity contribution is 5.96. The number of hydrogen-bond acceptors (Lipinski definition) is 4. The number of anilines is 1. The maximum Gasteiger partial charge on any atom is 0.272 e. The van der Waals surface area contributed by atoms with E-state index in [4.69, 9.17) is 0 Å². The second kappa shape index (κ2) is 8.29. The highest BCUT2D eigenvalue weighted by Gasteiger charge is 2.23. The van der Waals surface area contributed by atoms with Crippen molar-refractivity contribution in [2.75, 3.05) is 37.6 Å². The molecule has 2 aromatic rings. The van der Waals surface area contributed by atoms with Crippen LogP contribution in [0.4, 0.5) is 5.69 Å². The third-order valence-corrected chi connectivity index (χ3v) is 4.30. The van der Waals surface area contributed by atoms with Crippen LogP contribution < -0.4 is 10.2 Å². The number of amides is 2. The summed E-state index contributed by atoms with van der Waals surface area (Å²) in [6, 6.07) is 15.1. The summed E-state index contributed by atoms with van der Waals surface area (Å²) in [7, 11) is 0. The molecule has 1 aromatic carbocycles. The van der Waals surface area contributed by atoms with Crippen LogP contribution in [0.1, 0.15) is 21.0 Å². The van der Waals surface area contributed by atoms with Gasteiger partial charge >= 0.3 is 0 Å². The van der Waals surface area contributed by atoms with E-state index in [9.17, 15) is 9.59 Å². The molecule has 0 bridgehead atoms.